The van der Waals surface area contributed by atoms with Gasteiger partial charge in [0.2, 0.25) is 5.67 Å². The van der Waals surface area contributed by atoms with Gasteiger partial charge in [0, 0.05) is 18.5 Å². The van der Waals surface area contributed by atoms with Crippen LogP contribution in [0.2, 0.25) is 0 Å². The maximum absolute atomic E-state index is 14.2. The fourth-order valence-corrected chi connectivity index (χ4v) is 3.88. The first-order valence-electron chi connectivity index (χ1n) is 8.26. The lowest BCUT2D eigenvalue weighted by Crippen LogP contribution is -2.38. The second kappa shape index (κ2) is 7.03. The molecule has 0 saturated carbocycles. The van der Waals surface area contributed by atoms with Crippen LogP contribution in [-0.2, 0) is 4.79 Å². The number of aryl methyl sites for hydroxylation is 1. The van der Waals surface area contributed by atoms with Gasteiger partial charge in [0.1, 0.15) is 15.6 Å². The Bertz CT molecular complexity index is 836. The van der Waals surface area contributed by atoms with Crippen molar-refractivity contribution in [1.82, 2.24) is 9.88 Å². The van der Waals surface area contributed by atoms with E-state index in [4.69, 9.17) is 9.84 Å². The Labute approximate surface area is 154 Å². The standard InChI is InChI=1S/C18H19FN2O4S/c1-3-25-13-6-4-12(5-7-13)15-20-11(2)14(26-15)16(22)21-9-8-18(19,10-21)17(23)24/h4-7H,3,8-10H2,1-2H3,(H,23,24). The number of ether oxygens (including phenoxy) is 1. The largest absolute Gasteiger partial charge is 0.494 e. The van der Waals surface area contributed by atoms with Gasteiger partial charge in [-0.15, -0.1) is 11.3 Å². The molecule has 26 heavy (non-hydrogen) atoms. The van der Waals surface area contributed by atoms with Crippen LogP contribution in [-0.4, -0.2) is 52.2 Å². The molecule has 6 nitrogen and oxygen atoms in total. The highest BCUT2D eigenvalue weighted by Crippen LogP contribution is 2.32. The number of thiazole rings is 1. The van der Waals surface area contributed by atoms with E-state index in [9.17, 15) is 14.0 Å². The average Bonchev–Trinajstić information content (AvgIpc) is 3.20. The Balaban J connectivity index is 1.80. The fourth-order valence-electron chi connectivity index (χ4n) is 2.84. The molecule has 1 amide bonds. The zero-order valence-electron chi connectivity index (χ0n) is 14.5. The van der Waals surface area contributed by atoms with E-state index in [1.807, 2.05) is 31.2 Å². The summed E-state index contributed by atoms with van der Waals surface area (Å²) in [6.07, 6.45) is -0.197. The summed E-state index contributed by atoms with van der Waals surface area (Å²) in [4.78, 5) is 29.8. The summed E-state index contributed by atoms with van der Waals surface area (Å²) in [5.74, 6) is -1.15. The van der Waals surface area contributed by atoms with E-state index < -0.39 is 18.2 Å². The second-order valence-electron chi connectivity index (χ2n) is 6.14. The number of aliphatic carboxylic acids is 1. The number of hydrogen-bond donors (Lipinski definition) is 1. The molecule has 1 saturated heterocycles. The van der Waals surface area contributed by atoms with Crippen molar-refractivity contribution in [2.75, 3.05) is 19.7 Å². The summed E-state index contributed by atoms with van der Waals surface area (Å²) in [6.45, 7) is 3.85. The van der Waals surface area contributed by atoms with Gasteiger partial charge >= 0.3 is 5.97 Å². The summed E-state index contributed by atoms with van der Waals surface area (Å²) < 4.78 is 19.6. The van der Waals surface area contributed by atoms with Crippen molar-refractivity contribution in [1.29, 1.82) is 0 Å². The molecule has 1 atom stereocenters. The first-order valence-corrected chi connectivity index (χ1v) is 9.08. The number of likely N-dealkylation sites (tertiary alicyclic amines) is 1. The van der Waals surface area contributed by atoms with E-state index in [2.05, 4.69) is 4.98 Å². The molecule has 1 aromatic heterocycles. The minimum absolute atomic E-state index is 0.0807. The number of nitrogens with zero attached hydrogens (tertiary/aromatic N) is 2. The summed E-state index contributed by atoms with van der Waals surface area (Å²) in [6, 6.07) is 7.40. The predicted octanol–water partition coefficient (Wildman–Crippen LogP) is 3.16. The molecule has 2 heterocycles. The van der Waals surface area contributed by atoms with Gasteiger partial charge in [0.25, 0.3) is 5.91 Å². The summed E-state index contributed by atoms with van der Waals surface area (Å²) in [7, 11) is 0. The van der Waals surface area contributed by atoms with E-state index in [0.717, 1.165) is 11.3 Å². The Hall–Kier alpha value is -2.48. The van der Waals surface area contributed by atoms with Crippen molar-refractivity contribution in [2.45, 2.75) is 25.9 Å². The van der Waals surface area contributed by atoms with Crippen molar-refractivity contribution in [3.8, 4) is 16.3 Å². The highest BCUT2D eigenvalue weighted by atomic mass is 32.1. The van der Waals surface area contributed by atoms with E-state index >= 15 is 0 Å². The summed E-state index contributed by atoms with van der Waals surface area (Å²) >= 11 is 1.22. The number of carbonyl (C=O) groups is 2. The molecule has 1 N–H and O–H groups in total. The van der Waals surface area contributed by atoms with Crippen molar-refractivity contribution in [2.24, 2.45) is 0 Å². The Morgan fingerprint density at radius 3 is 2.65 bits per heavy atom. The molecule has 0 spiro atoms. The minimum Gasteiger partial charge on any atom is -0.494 e. The minimum atomic E-state index is -2.37. The van der Waals surface area contributed by atoms with Crippen LogP contribution < -0.4 is 4.74 Å². The molecule has 1 aromatic carbocycles. The summed E-state index contributed by atoms with van der Waals surface area (Å²) in [5.41, 5.74) is -0.963. The Kier molecular flexibility index (Phi) is 4.95. The number of amides is 1. The molecular formula is C18H19FN2O4S. The van der Waals surface area contributed by atoms with Gasteiger partial charge in [-0.2, -0.15) is 0 Å². The van der Waals surface area contributed by atoms with Crippen molar-refractivity contribution >= 4 is 23.2 Å². The number of rotatable bonds is 5. The lowest BCUT2D eigenvalue weighted by atomic mass is 10.1. The molecule has 0 radical (unpaired) electrons. The topological polar surface area (TPSA) is 79.7 Å². The fraction of sp³-hybridized carbons (Fsp3) is 0.389. The predicted molar refractivity (Wildman–Crippen MR) is 95.5 cm³/mol. The molecule has 2 aromatic rings. The Morgan fingerprint density at radius 2 is 2.08 bits per heavy atom. The smallest absolute Gasteiger partial charge is 0.343 e. The third kappa shape index (κ3) is 3.41. The Morgan fingerprint density at radius 1 is 1.38 bits per heavy atom. The highest BCUT2D eigenvalue weighted by molar-refractivity contribution is 7.17. The van der Waals surface area contributed by atoms with Gasteiger partial charge in [0.15, 0.2) is 0 Å². The van der Waals surface area contributed by atoms with Crippen LogP contribution in [0.4, 0.5) is 4.39 Å². The number of benzene rings is 1. The van der Waals surface area contributed by atoms with Crippen molar-refractivity contribution in [3.63, 3.8) is 0 Å². The third-order valence-corrected chi connectivity index (χ3v) is 5.49. The number of halogens is 1. The molecule has 1 fully saturated rings. The SMILES string of the molecule is CCOc1ccc(-c2nc(C)c(C(=O)N3CCC(F)(C(=O)O)C3)s2)cc1. The number of carbonyl (C=O) groups excluding carboxylic acids is 1. The number of carboxylic acids is 1. The van der Waals surface area contributed by atoms with Crippen molar-refractivity contribution < 1.29 is 23.8 Å². The quantitative estimate of drug-likeness (QED) is 0.865. The van der Waals surface area contributed by atoms with E-state index in [-0.39, 0.29) is 18.9 Å². The van der Waals surface area contributed by atoms with Crippen LogP contribution in [0.1, 0.15) is 28.7 Å². The summed E-state index contributed by atoms with van der Waals surface area (Å²) in [5, 5.41) is 9.66. The van der Waals surface area contributed by atoms with E-state index in [0.29, 0.717) is 22.2 Å². The number of aromatic nitrogens is 1. The molecule has 8 heteroatoms. The van der Waals surface area contributed by atoms with Crippen LogP contribution in [0.3, 0.4) is 0 Å². The third-order valence-electron chi connectivity index (χ3n) is 4.29. The molecule has 1 aliphatic rings. The molecule has 138 valence electrons. The van der Waals surface area contributed by atoms with Gasteiger partial charge in [-0.3, -0.25) is 4.79 Å². The lowest BCUT2D eigenvalue weighted by Gasteiger charge is -2.17. The molecule has 1 unspecified atom stereocenters. The van der Waals surface area contributed by atoms with Crippen LogP contribution in [0.15, 0.2) is 24.3 Å². The van der Waals surface area contributed by atoms with E-state index in [1.165, 1.54) is 16.2 Å². The second-order valence-corrected chi connectivity index (χ2v) is 7.14. The molecule has 0 aliphatic carbocycles. The van der Waals surface area contributed by atoms with Crippen LogP contribution in [0, 0.1) is 6.92 Å². The van der Waals surface area contributed by atoms with E-state index in [1.54, 1.807) is 6.92 Å². The zero-order valence-corrected chi connectivity index (χ0v) is 15.3. The molecule has 3 rings (SSSR count). The lowest BCUT2D eigenvalue weighted by molar-refractivity contribution is -0.149. The monoisotopic (exact) mass is 378 g/mol. The van der Waals surface area contributed by atoms with Crippen LogP contribution in [0.25, 0.3) is 10.6 Å². The van der Waals surface area contributed by atoms with Gasteiger partial charge in [-0.1, -0.05) is 0 Å². The zero-order chi connectivity index (χ0) is 18.9. The highest BCUT2D eigenvalue weighted by Gasteiger charge is 2.47. The molecule has 1 aliphatic heterocycles. The van der Waals surface area contributed by atoms with Gasteiger partial charge in [0.05, 0.1) is 18.8 Å². The van der Waals surface area contributed by atoms with Crippen LogP contribution in [0.5, 0.6) is 5.75 Å². The first kappa shape index (κ1) is 18.3. The molecular weight excluding hydrogens is 359 g/mol. The number of hydrogen-bond acceptors (Lipinski definition) is 5. The van der Waals surface area contributed by atoms with Crippen molar-refractivity contribution in [3.05, 3.63) is 34.8 Å². The average molecular weight is 378 g/mol. The normalized spacial score (nSPS) is 19.6. The molecule has 0 bridgehead atoms. The van der Waals surface area contributed by atoms with Gasteiger partial charge in [-0.05, 0) is 38.1 Å². The van der Waals surface area contributed by atoms with Crippen LogP contribution >= 0.6 is 11.3 Å². The van der Waals surface area contributed by atoms with Gasteiger partial charge in [-0.25, -0.2) is 14.2 Å². The number of alkyl halides is 1. The van der Waals surface area contributed by atoms with Gasteiger partial charge < -0.3 is 14.7 Å². The number of carboxylic acid groups (broad SMARTS) is 1. The first-order chi connectivity index (χ1) is 12.3. The maximum atomic E-state index is 14.2. The maximum Gasteiger partial charge on any atom is 0.343 e.